The van der Waals surface area contributed by atoms with Crippen molar-refractivity contribution in [3.8, 4) is 0 Å². The summed E-state index contributed by atoms with van der Waals surface area (Å²) in [5.74, 6) is 0.907. The fourth-order valence-corrected chi connectivity index (χ4v) is 4.13. The van der Waals surface area contributed by atoms with Gasteiger partial charge >= 0.3 is 5.97 Å². The Morgan fingerprint density at radius 1 is 1.17 bits per heavy atom. The second-order valence-electron chi connectivity index (χ2n) is 7.30. The molecule has 4 rings (SSSR count). The molecule has 29 heavy (non-hydrogen) atoms. The van der Waals surface area contributed by atoms with E-state index in [1.165, 1.54) is 5.56 Å². The van der Waals surface area contributed by atoms with Crippen molar-refractivity contribution in [3.05, 3.63) is 47.2 Å². The first-order valence-corrected chi connectivity index (χ1v) is 11.3. The Bertz CT molecular complexity index is 840. The van der Waals surface area contributed by atoms with Crippen LogP contribution >= 0.6 is 11.8 Å². The lowest BCUT2D eigenvalue weighted by Gasteiger charge is -2.36. The van der Waals surface area contributed by atoms with Crippen LogP contribution in [0.25, 0.3) is 0 Å². The van der Waals surface area contributed by atoms with Crippen molar-refractivity contribution in [1.29, 1.82) is 0 Å². The number of nitrogens with zero attached hydrogens (tertiary/aromatic N) is 4. The second-order valence-corrected chi connectivity index (χ2v) is 8.07. The molecular formula is C21H27N5O2S. The van der Waals surface area contributed by atoms with Gasteiger partial charge in [-0.05, 0) is 24.8 Å². The Morgan fingerprint density at radius 2 is 1.97 bits per heavy atom. The topological polar surface area (TPSA) is 70.6 Å². The molecule has 7 nitrogen and oxygen atoms in total. The number of hydrogen-bond donors (Lipinski definition) is 1. The lowest BCUT2D eigenvalue weighted by atomic mass is 10.1. The first-order valence-electron chi connectivity index (χ1n) is 10.0. The molecular weight excluding hydrogens is 386 g/mol. The molecule has 1 aromatic carbocycles. The Labute approximate surface area is 175 Å². The Balaban J connectivity index is 1.32. The number of thioether (sulfide) groups is 1. The van der Waals surface area contributed by atoms with E-state index in [4.69, 9.17) is 9.72 Å². The average Bonchev–Trinajstić information content (AvgIpc) is 2.78. The summed E-state index contributed by atoms with van der Waals surface area (Å²) >= 11 is 1.58. The number of piperazine rings is 1. The lowest BCUT2D eigenvalue weighted by molar-refractivity contribution is -0.146. The SMILES string of the molecule is CSc1nc2c(c(N3CCN(CC(=O)OCc4ccccc4)CC3)n1)CCNC2. The summed E-state index contributed by atoms with van der Waals surface area (Å²) in [7, 11) is 0. The highest BCUT2D eigenvalue weighted by Crippen LogP contribution is 2.27. The number of hydrogen-bond acceptors (Lipinski definition) is 8. The van der Waals surface area contributed by atoms with Crippen molar-refractivity contribution in [2.24, 2.45) is 0 Å². The maximum atomic E-state index is 12.2. The molecule has 1 N–H and O–H groups in total. The number of carbonyl (C=O) groups excluding carboxylic acids is 1. The number of ether oxygens (including phenoxy) is 1. The van der Waals surface area contributed by atoms with Gasteiger partial charge in [-0.3, -0.25) is 9.69 Å². The number of carbonyl (C=O) groups is 1. The molecule has 1 aromatic heterocycles. The van der Waals surface area contributed by atoms with Gasteiger partial charge in [0, 0.05) is 38.3 Å². The molecule has 2 aliphatic rings. The summed E-state index contributed by atoms with van der Waals surface area (Å²) in [5, 5.41) is 4.23. The minimum Gasteiger partial charge on any atom is -0.460 e. The van der Waals surface area contributed by atoms with Crippen LogP contribution in [-0.2, 0) is 29.1 Å². The van der Waals surface area contributed by atoms with Gasteiger partial charge in [0.25, 0.3) is 0 Å². The predicted molar refractivity (Wildman–Crippen MR) is 114 cm³/mol. The lowest BCUT2D eigenvalue weighted by Crippen LogP contribution is -2.49. The van der Waals surface area contributed by atoms with Crippen LogP contribution in [0.15, 0.2) is 35.5 Å². The summed E-state index contributed by atoms with van der Waals surface area (Å²) in [5.41, 5.74) is 3.41. The third kappa shape index (κ3) is 5.07. The van der Waals surface area contributed by atoms with E-state index in [1.807, 2.05) is 36.6 Å². The van der Waals surface area contributed by atoms with Gasteiger partial charge in [0.15, 0.2) is 5.16 Å². The zero-order valence-corrected chi connectivity index (χ0v) is 17.6. The number of aromatic nitrogens is 2. The van der Waals surface area contributed by atoms with Gasteiger partial charge in [-0.15, -0.1) is 0 Å². The van der Waals surface area contributed by atoms with Gasteiger partial charge in [0.1, 0.15) is 12.4 Å². The maximum Gasteiger partial charge on any atom is 0.320 e. The fraction of sp³-hybridized carbons (Fsp3) is 0.476. The summed E-state index contributed by atoms with van der Waals surface area (Å²) in [6.45, 7) is 5.81. The van der Waals surface area contributed by atoms with E-state index < -0.39 is 0 Å². The molecule has 2 aliphatic heterocycles. The minimum atomic E-state index is -0.169. The molecule has 1 fully saturated rings. The van der Waals surface area contributed by atoms with Crippen molar-refractivity contribution in [2.45, 2.75) is 24.7 Å². The number of rotatable bonds is 6. The highest BCUT2D eigenvalue weighted by molar-refractivity contribution is 7.98. The molecule has 0 spiro atoms. The van der Waals surface area contributed by atoms with Crippen LogP contribution in [0, 0.1) is 0 Å². The summed E-state index contributed by atoms with van der Waals surface area (Å²) in [6, 6.07) is 9.79. The molecule has 0 amide bonds. The van der Waals surface area contributed by atoms with E-state index in [-0.39, 0.29) is 5.97 Å². The molecule has 8 heteroatoms. The van der Waals surface area contributed by atoms with Crippen molar-refractivity contribution in [1.82, 2.24) is 20.2 Å². The van der Waals surface area contributed by atoms with Gasteiger partial charge in [-0.1, -0.05) is 42.1 Å². The molecule has 1 saturated heterocycles. The highest BCUT2D eigenvalue weighted by Gasteiger charge is 2.25. The quantitative estimate of drug-likeness (QED) is 0.436. The predicted octanol–water partition coefficient (Wildman–Crippen LogP) is 1.71. The maximum absolute atomic E-state index is 12.2. The molecule has 0 bridgehead atoms. The smallest absolute Gasteiger partial charge is 0.320 e. The Hall–Kier alpha value is -2.16. The zero-order chi connectivity index (χ0) is 20.1. The van der Waals surface area contributed by atoms with Crippen LogP contribution in [0.1, 0.15) is 16.8 Å². The van der Waals surface area contributed by atoms with Crippen LogP contribution in [0.3, 0.4) is 0 Å². The van der Waals surface area contributed by atoms with Crippen LogP contribution in [0.4, 0.5) is 5.82 Å². The van der Waals surface area contributed by atoms with Crippen LogP contribution in [0.5, 0.6) is 0 Å². The van der Waals surface area contributed by atoms with Crippen molar-refractivity contribution in [3.63, 3.8) is 0 Å². The summed E-state index contributed by atoms with van der Waals surface area (Å²) in [4.78, 5) is 26.2. The molecule has 0 aliphatic carbocycles. The molecule has 3 heterocycles. The van der Waals surface area contributed by atoms with E-state index in [0.717, 1.165) is 67.9 Å². The molecule has 0 saturated carbocycles. The number of esters is 1. The Morgan fingerprint density at radius 3 is 2.72 bits per heavy atom. The third-order valence-corrected chi connectivity index (χ3v) is 5.89. The molecule has 0 atom stereocenters. The standard InChI is InChI=1S/C21H27N5O2S/c1-29-21-23-18-13-22-8-7-17(18)20(24-21)26-11-9-25(10-12-26)14-19(27)28-15-16-5-3-2-4-6-16/h2-6,22H,7-15H2,1H3. The highest BCUT2D eigenvalue weighted by atomic mass is 32.2. The monoisotopic (exact) mass is 413 g/mol. The summed E-state index contributed by atoms with van der Waals surface area (Å²) in [6.07, 6.45) is 2.98. The molecule has 154 valence electrons. The van der Waals surface area contributed by atoms with E-state index >= 15 is 0 Å². The summed E-state index contributed by atoms with van der Waals surface area (Å²) < 4.78 is 5.42. The van der Waals surface area contributed by atoms with Gasteiger partial charge in [0.05, 0.1) is 12.2 Å². The van der Waals surface area contributed by atoms with Gasteiger partial charge in [-0.2, -0.15) is 0 Å². The van der Waals surface area contributed by atoms with E-state index in [0.29, 0.717) is 13.2 Å². The largest absolute Gasteiger partial charge is 0.460 e. The first-order chi connectivity index (χ1) is 14.2. The zero-order valence-electron chi connectivity index (χ0n) is 16.8. The minimum absolute atomic E-state index is 0.169. The van der Waals surface area contributed by atoms with Crippen molar-refractivity contribution >= 4 is 23.5 Å². The van der Waals surface area contributed by atoms with E-state index in [1.54, 1.807) is 11.8 Å². The molecule has 0 radical (unpaired) electrons. The van der Waals surface area contributed by atoms with E-state index in [2.05, 4.69) is 20.1 Å². The third-order valence-electron chi connectivity index (χ3n) is 5.34. The number of anilines is 1. The van der Waals surface area contributed by atoms with Gasteiger partial charge < -0.3 is 15.0 Å². The number of benzene rings is 1. The first kappa shape index (κ1) is 20.1. The molecule has 0 unspecified atom stereocenters. The second kappa shape index (κ2) is 9.56. The Kier molecular flexibility index (Phi) is 6.63. The van der Waals surface area contributed by atoms with E-state index in [9.17, 15) is 4.79 Å². The number of fused-ring (bicyclic) bond motifs is 1. The van der Waals surface area contributed by atoms with Gasteiger partial charge in [-0.25, -0.2) is 9.97 Å². The average molecular weight is 414 g/mol. The fourth-order valence-electron chi connectivity index (χ4n) is 3.75. The number of nitrogens with one attached hydrogen (secondary N) is 1. The van der Waals surface area contributed by atoms with Crippen molar-refractivity contribution < 1.29 is 9.53 Å². The van der Waals surface area contributed by atoms with Gasteiger partial charge in [0.2, 0.25) is 0 Å². The van der Waals surface area contributed by atoms with Crippen LogP contribution in [-0.4, -0.2) is 66.4 Å². The van der Waals surface area contributed by atoms with Crippen LogP contribution in [0.2, 0.25) is 0 Å². The normalized spacial score (nSPS) is 17.1. The van der Waals surface area contributed by atoms with Crippen LogP contribution < -0.4 is 10.2 Å². The van der Waals surface area contributed by atoms with Crippen molar-refractivity contribution in [2.75, 3.05) is 50.4 Å². The molecule has 2 aromatic rings.